The van der Waals surface area contributed by atoms with Crippen LogP contribution in [-0.4, -0.2) is 26.1 Å². The van der Waals surface area contributed by atoms with Crippen molar-refractivity contribution in [1.29, 1.82) is 0 Å². The maximum Gasteiger partial charge on any atom is 0.248 e. The zero-order valence-electron chi connectivity index (χ0n) is 13.8. The van der Waals surface area contributed by atoms with Gasteiger partial charge in [-0.25, -0.2) is 4.68 Å². The minimum atomic E-state index is -0.195. The van der Waals surface area contributed by atoms with Crippen molar-refractivity contribution in [3.63, 3.8) is 0 Å². The van der Waals surface area contributed by atoms with Gasteiger partial charge in [-0.05, 0) is 53.1 Å². The number of anilines is 1. The van der Waals surface area contributed by atoms with Gasteiger partial charge in [0.05, 0.1) is 6.04 Å². The van der Waals surface area contributed by atoms with E-state index in [2.05, 4.69) is 36.8 Å². The van der Waals surface area contributed by atoms with Crippen LogP contribution in [0.4, 0.5) is 5.69 Å². The molecule has 130 valence electrons. The molecule has 1 aliphatic carbocycles. The zero-order chi connectivity index (χ0) is 17.9. The Bertz CT molecular complexity index is 977. The lowest BCUT2D eigenvalue weighted by atomic mass is 10.2. The first-order valence-electron chi connectivity index (χ1n) is 8.32. The van der Waals surface area contributed by atoms with Crippen LogP contribution in [0.25, 0.3) is 17.5 Å². The number of amides is 1. The predicted molar refractivity (Wildman–Crippen MR) is 103 cm³/mol. The minimum Gasteiger partial charge on any atom is -0.322 e. The third-order valence-electron chi connectivity index (χ3n) is 4.09. The van der Waals surface area contributed by atoms with Crippen molar-refractivity contribution >= 4 is 33.6 Å². The molecule has 1 heterocycles. The van der Waals surface area contributed by atoms with Gasteiger partial charge in [0, 0.05) is 21.8 Å². The molecule has 3 aromatic rings. The van der Waals surface area contributed by atoms with Gasteiger partial charge in [0.25, 0.3) is 0 Å². The summed E-state index contributed by atoms with van der Waals surface area (Å²) in [6.45, 7) is 0. The molecular formula is C19H16BrN5O. The molecule has 1 fully saturated rings. The Labute approximate surface area is 159 Å². The Morgan fingerprint density at radius 1 is 1.19 bits per heavy atom. The molecule has 1 aliphatic rings. The summed E-state index contributed by atoms with van der Waals surface area (Å²) in [5.41, 5.74) is 2.53. The number of nitrogens with one attached hydrogen (secondary N) is 1. The number of hydrogen-bond acceptors (Lipinski definition) is 4. The Morgan fingerprint density at radius 3 is 2.85 bits per heavy atom. The van der Waals surface area contributed by atoms with Gasteiger partial charge >= 0.3 is 0 Å². The molecule has 0 spiro atoms. The average molecular weight is 410 g/mol. The minimum absolute atomic E-state index is 0.195. The lowest BCUT2D eigenvalue weighted by molar-refractivity contribution is -0.111. The molecule has 4 rings (SSSR count). The van der Waals surface area contributed by atoms with Crippen molar-refractivity contribution in [2.45, 2.75) is 18.9 Å². The van der Waals surface area contributed by atoms with Crippen LogP contribution < -0.4 is 5.32 Å². The van der Waals surface area contributed by atoms with Gasteiger partial charge in [-0.1, -0.05) is 46.3 Å². The molecule has 1 saturated carbocycles. The number of hydrogen-bond donors (Lipinski definition) is 1. The fourth-order valence-corrected chi connectivity index (χ4v) is 3.06. The fourth-order valence-electron chi connectivity index (χ4n) is 2.64. The van der Waals surface area contributed by atoms with Crippen LogP contribution in [-0.2, 0) is 4.79 Å². The zero-order valence-corrected chi connectivity index (χ0v) is 15.4. The fraction of sp³-hybridized carbons (Fsp3) is 0.158. The van der Waals surface area contributed by atoms with Gasteiger partial charge in [0.2, 0.25) is 5.91 Å². The highest BCUT2D eigenvalue weighted by molar-refractivity contribution is 9.10. The number of aromatic nitrogens is 4. The van der Waals surface area contributed by atoms with E-state index in [4.69, 9.17) is 0 Å². The summed E-state index contributed by atoms with van der Waals surface area (Å²) in [6, 6.07) is 15.7. The number of nitrogens with zero attached hydrogens (tertiary/aromatic N) is 4. The van der Waals surface area contributed by atoms with Crippen LogP contribution in [0, 0.1) is 0 Å². The second kappa shape index (κ2) is 7.21. The molecule has 26 heavy (non-hydrogen) atoms. The van der Waals surface area contributed by atoms with Crippen molar-refractivity contribution in [3.8, 4) is 11.4 Å². The highest BCUT2D eigenvalue weighted by atomic mass is 79.9. The molecule has 0 atom stereocenters. The van der Waals surface area contributed by atoms with Crippen LogP contribution in [0.15, 0.2) is 59.1 Å². The molecule has 2 aromatic carbocycles. The number of benzene rings is 2. The van der Waals surface area contributed by atoms with E-state index in [0.717, 1.165) is 34.3 Å². The third kappa shape index (κ3) is 3.72. The van der Waals surface area contributed by atoms with Gasteiger partial charge < -0.3 is 5.32 Å². The third-order valence-corrected chi connectivity index (χ3v) is 4.82. The molecule has 7 heteroatoms. The molecule has 0 saturated heterocycles. The number of rotatable bonds is 5. The van der Waals surface area contributed by atoms with Crippen LogP contribution in [0.1, 0.15) is 24.4 Å². The number of tetrazole rings is 1. The molecule has 0 radical (unpaired) electrons. The molecule has 1 N–H and O–H groups in total. The molecule has 0 aliphatic heterocycles. The van der Waals surface area contributed by atoms with Gasteiger partial charge in [-0.15, -0.1) is 5.10 Å². The second-order valence-electron chi connectivity index (χ2n) is 6.10. The monoisotopic (exact) mass is 409 g/mol. The second-order valence-corrected chi connectivity index (χ2v) is 6.96. The Morgan fingerprint density at radius 2 is 2.04 bits per heavy atom. The predicted octanol–water partition coefficient (Wildman–Crippen LogP) is 4.09. The van der Waals surface area contributed by atoms with E-state index in [0.29, 0.717) is 11.7 Å². The summed E-state index contributed by atoms with van der Waals surface area (Å²) in [5, 5.41) is 14.9. The van der Waals surface area contributed by atoms with E-state index in [-0.39, 0.29) is 5.91 Å². The first-order valence-corrected chi connectivity index (χ1v) is 9.12. The lowest BCUT2D eigenvalue weighted by Crippen LogP contribution is -2.08. The van der Waals surface area contributed by atoms with Crippen LogP contribution in [0.5, 0.6) is 0 Å². The normalized spacial score (nSPS) is 13.9. The molecule has 0 bridgehead atoms. The van der Waals surface area contributed by atoms with E-state index >= 15 is 0 Å². The smallest absolute Gasteiger partial charge is 0.248 e. The van der Waals surface area contributed by atoms with Crippen LogP contribution in [0.2, 0.25) is 0 Å². The summed E-state index contributed by atoms with van der Waals surface area (Å²) in [6.07, 6.45) is 5.50. The van der Waals surface area contributed by atoms with E-state index in [1.807, 2.05) is 53.2 Å². The Kier molecular flexibility index (Phi) is 4.62. The average Bonchev–Trinajstić information content (AvgIpc) is 3.38. The molecule has 6 nitrogen and oxygen atoms in total. The summed E-state index contributed by atoms with van der Waals surface area (Å²) in [7, 11) is 0. The van der Waals surface area contributed by atoms with Crippen molar-refractivity contribution in [1.82, 2.24) is 20.2 Å². The van der Waals surface area contributed by atoms with Crippen LogP contribution >= 0.6 is 15.9 Å². The van der Waals surface area contributed by atoms with Crippen molar-refractivity contribution in [2.24, 2.45) is 0 Å². The topological polar surface area (TPSA) is 72.7 Å². The highest BCUT2D eigenvalue weighted by Crippen LogP contribution is 2.36. The SMILES string of the molecule is O=C(/C=C/c1ccccc1Br)Nc1cccc(-c2nnnn2C2CC2)c1. The maximum atomic E-state index is 12.2. The Balaban J connectivity index is 1.49. The summed E-state index contributed by atoms with van der Waals surface area (Å²) < 4.78 is 2.80. The van der Waals surface area contributed by atoms with Crippen molar-refractivity contribution < 1.29 is 4.79 Å². The van der Waals surface area contributed by atoms with Gasteiger partial charge in [0.1, 0.15) is 0 Å². The first kappa shape index (κ1) is 16.7. The maximum absolute atomic E-state index is 12.2. The Hall–Kier alpha value is -2.80. The van der Waals surface area contributed by atoms with Gasteiger partial charge in [-0.2, -0.15) is 0 Å². The van der Waals surface area contributed by atoms with Crippen LogP contribution in [0.3, 0.4) is 0 Å². The van der Waals surface area contributed by atoms with E-state index in [1.54, 1.807) is 6.08 Å². The van der Waals surface area contributed by atoms with Gasteiger partial charge in [-0.3, -0.25) is 4.79 Å². The quantitative estimate of drug-likeness (QED) is 0.644. The van der Waals surface area contributed by atoms with E-state index in [1.165, 1.54) is 6.08 Å². The van der Waals surface area contributed by atoms with Crippen molar-refractivity contribution in [2.75, 3.05) is 5.32 Å². The highest BCUT2D eigenvalue weighted by Gasteiger charge is 2.28. The summed E-state index contributed by atoms with van der Waals surface area (Å²) in [4.78, 5) is 12.2. The molecule has 1 amide bonds. The lowest BCUT2D eigenvalue weighted by Gasteiger charge is -2.06. The largest absolute Gasteiger partial charge is 0.322 e. The van der Waals surface area contributed by atoms with Gasteiger partial charge in [0.15, 0.2) is 5.82 Å². The standard InChI is InChI=1S/C19H16BrN5O/c20-17-7-2-1-4-13(17)8-11-18(26)21-15-6-3-5-14(12-15)19-22-23-24-25(19)16-9-10-16/h1-8,11-12,16H,9-10H2,(H,21,26)/b11-8+. The molecule has 1 aromatic heterocycles. The van der Waals surface area contributed by atoms with E-state index in [9.17, 15) is 4.79 Å². The number of halogens is 1. The van der Waals surface area contributed by atoms with E-state index < -0.39 is 0 Å². The summed E-state index contributed by atoms with van der Waals surface area (Å²) >= 11 is 3.46. The molecule has 0 unspecified atom stereocenters. The number of carbonyl (C=O) groups excluding carboxylic acids is 1. The van der Waals surface area contributed by atoms with Crippen molar-refractivity contribution in [3.05, 3.63) is 64.6 Å². The number of carbonyl (C=O) groups is 1. The first-order chi connectivity index (χ1) is 12.7. The summed E-state index contributed by atoms with van der Waals surface area (Å²) in [5.74, 6) is 0.534. The molecular weight excluding hydrogens is 394 g/mol.